The van der Waals surface area contributed by atoms with Crippen LogP contribution in [0.5, 0.6) is 0 Å². The third kappa shape index (κ3) is 3.63. The summed E-state index contributed by atoms with van der Waals surface area (Å²) in [6.07, 6.45) is 2.94. The molecule has 0 aromatic heterocycles. The first-order valence-electron chi connectivity index (χ1n) is 6.44. The second-order valence-electron chi connectivity index (χ2n) is 5.54. The van der Waals surface area contributed by atoms with E-state index in [4.69, 9.17) is 23.2 Å². The molecule has 1 aromatic carbocycles. The molecule has 0 spiro atoms. The highest BCUT2D eigenvalue weighted by molar-refractivity contribution is 6.55. The maximum absolute atomic E-state index is 13.4. The monoisotopic (exact) mass is 328 g/mol. The number of amides is 1. The van der Waals surface area contributed by atoms with E-state index in [2.05, 4.69) is 10.5 Å². The van der Waals surface area contributed by atoms with Crippen LogP contribution in [0, 0.1) is 23.1 Å². The lowest BCUT2D eigenvalue weighted by Crippen LogP contribution is -2.22. The van der Waals surface area contributed by atoms with Crippen molar-refractivity contribution in [3.63, 3.8) is 0 Å². The zero-order valence-corrected chi connectivity index (χ0v) is 13.1. The minimum absolute atomic E-state index is 0.0221. The van der Waals surface area contributed by atoms with Crippen LogP contribution in [0.2, 0.25) is 0 Å². The molecule has 112 valence electrons. The molecule has 0 radical (unpaired) electrons. The van der Waals surface area contributed by atoms with Gasteiger partial charge in [-0.3, -0.25) is 4.79 Å². The fraction of sp³-hybridized carbons (Fsp3) is 0.333. The first kappa shape index (κ1) is 16.0. The van der Waals surface area contributed by atoms with Gasteiger partial charge in [-0.05, 0) is 23.5 Å². The molecule has 2 rings (SSSR count). The smallest absolute Gasteiger partial charge is 0.244 e. The van der Waals surface area contributed by atoms with E-state index in [1.807, 2.05) is 13.8 Å². The highest BCUT2D eigenvalue weighted by atomic mass is 35.5. The molecule has 21 heavy (non-hydrogen) atoms. The van der Waals surface area contributed by atoms with E-state index in [-0.39, 0.29) is 27.6 Å². The van der Waals surface area contributed by atoms with Gasteiger partial charge in [0.05, 0.1) is 12.1 Å². The predicted octanol–water partition coefficient (Wildman–Crippen LogP) is 3.87. The third-order valence-electron chi connectivity index (χ3n) is 3.78. The van der Waals surface area contributed by atoms with Crippen LogP contribution in [0.1, 0.15) is 19.4 Å². The number of hydrogen-bond acceptors (Lipinski definition) is 2. The molecule has 3 nitrogen and oxygen atoms in total. The molecule has 0 heterocycles. The molecule has 2 atom stereocenters. The van der Waals surface area contributed by atoms with Crippen molar-refractivity contribution in [1.82, 2.24) is 5.43 Å². The van der Waals surface area contributed by atoms with Crippen LogP contribution in [0.15, 0.2) is 39.9 Å². The average Bonchev–Trinajstić information content (AvgIpc) is 2.92. The number of hydrazone groups is 1. The lowest BCUT2D eigenvalue weighted by molar-refractivity contribution is -0.123. The van der Waals surface area contributed by atoms with Crippen LogP contribution in [0.3, 0.4) is 0 Å². The van der Waals surface area contributed by atoms with Gasteiger partial charge in [-0.25, -0.2) is 9.82 Å². The van der Waals surface area contributed by atoms with Crippen LogP contribution < -0.4 is 5.43 Å². The average molecular weight is 329 g/mol. The summed E-state index contributed by atoms with van der Waals surface area (Å²) >= 11 is 11.3. The zero-order chi connectivity index (χ0) is 15.6. The fourth-order valence-corrected chi connectivity index (χ4v) is 2.71. The molecule has 6 heteroatoms. The Labute approximate surface area is 132 Å². The molecule has 1 aliphatic carbocycles. The van der Waals surface area contributed by atoms with Crippen LogP contribution in [-0.2, 0) is 4.79 Å². The number of benzene rings is 1. The van der Waals surface area contributed by atoms with Crippen molar-refractivity contribution in [2.75, 3.05) is 0 Å². The van der Waals surface area contributed by atoms with Gasteiger partial charge in [0.1, 0.15) is 10.3 Å². The molecule has 1 amide bonds. The topological polar surface area (TPSA) is 41.5 Å². The summed E-state index contributed by atoms with van der Waals surface area (Å²) in [5.74, 6) is -0.894. The maximum Gasteiger partial charge on any atom is 0.244 e. The molecule has 0 unspecified atom stereocenters. The number of carbonyl (C=O) groups excluding carboxylic acids is 1. The summed E-state index contributed by atoms with van der Waals surface area (Å²) in [5, 5.41) is 3.79. The molecule has 1 N–H and O–H groups in total. The zero-order valence-electron chi connectivity index (χ0n) is 11.6. The molecule has 1 aliphatic rings. The van der Waals surface area contributed by atoms with Crippen molar-refractivity contribution in [3.05, 3.63) is 46.2 Å². The Hall–Kier alpha value is -1.39. The van der Waals surface area contributed by atoms with Gasteiger partial charge in [0.15, 0.2) is 0 Å². The Morgan fingerprint density at radius 2 is 2.05 bits per heavy atom. The lowest BCUT2D eigenvalue weighted by atomic mass is 10.1. The minimum Gasteiger partial charge on any atom is -0.273 e. The van der Waals surface area contributed by atoms with E-state index >= 15 is 0 Å². The van der Waals surface area contributed by atoms with Gasteiger partial charge < -0.3 is 0 Å². The van der Waals surface area contributed by atoms with E-state index in [9.17, 15) is 9.18 Å². The van der Waals surface area contributed by atoms with Crippen LogP contribution in [0.25, 0.3) is 0 Å². The number of nitrogens with zero attached hydrogens (tertiary/aromatic N) is 1. The normalized spacial score (nSPS) is 22.9. The van der Waals surface area contributed by atoms with Gasteiger partial charge in [-0.1, -0.05) is 55.2 Å². The van der Waals surface area contributed by atoms with E-state index in [0.717, 1.165) is 0 Å². The van der Waals surface area contributed by atoms with Crippen molar-refractivity contribution in [2.24, 2.45) is 22.4 Å². The van der Waals surface area contributed by atoms with Gasteiger partial charge in [-0.15, -0.1) is 0 Å². The quantitative estimate of drug-likeness (QED) is 0.661. The van der Waals surface area contributed by atoms with E-state index < -0.39 is 5.82 Å². The predicted molar refractivity (Wildman–Crippen MR) is 82.7 cm³/mol. The minimum atomic E-state index is -0.392. The Morgan fingerprint density at radius 1 is 1.38 bits per heavy atom. The van der Waals surface area contributed by atoms with Crippen molar-refractivity contribution < 1.29 is 9.18 Å². The Bertz CT molecular complexity index is 609. The summed E-state index contributed by atoms with van der Waals surface area (Å²) in [6.45, 7) is 3.91. The van der Waals surface area contributed by atoms with Crippen molar-refractivity contribution in [2.45, 2.75) is 13.8 Å². The largest absolute Gasteiger partial charge is 0.273 e. The number of hydrogen-bond donors (Lipinski definition) is 1. The van der Waals surface area contributed by atoms with Crippen LogP contribution in [-0.4, -0.2) is 12.1 Å². The molecule has 0 bridgehead atoms. The second kappa shape index (κ2) is 6.16. The summed E-state index contributed by atoms with van der Waals surface area (Å²) in [4.78, 5) is 12.1. The standard InChI is InChI=1S/C15H15Cl2FN2O/c1-15(2)10(7-12(16)17)13(15)14(21)20-19-8-9-5-3-4-6-11(9)18/h3-8,10,13H,1-2H3,(H,20,21)/t10-,13+/m1/s1. The van der Waals surface area contributed by atoms with Gasteiger partial charge in [0, 0.05) is 5.56 Å². The molecule has 1 saturated carbocycles. The molecule has 1 fully saturated rings. The maximum atomic E-state index is 13.4. The summed E-state index contributed by atoms with van der Waals surface area (Å²) in [6, 6.07) is 6.19. The first-order chi connectivity index (χ1) is 9.84. The second-order valence-corrected chi connectivity index (χ2v) is 6.54. The van der Waals surface area contributed by atoms with Crippen molar-refractivity contribution >= 4 is 35.3 Å². The van der Waals surface area contributed by atoms with Gasteiger partial charge in [0.25, 0.3) is 0 Å². The van der Waals surface area contributed by atoms with Crippen molar-refractivity contribution in [3.8, 4) is 0 Å². The number of allylic oxidation sites excluding steroid dienone is 1. The summed E-state index contributed by atoms with van der Waals surface area (Å²) < 4.78 is 13.5. The number of carbonyl (C=O) groups is 1. The van der Waals surface area contributed by atoms with E-state index in [0.29, 0.717) is 5.56 Å². The highest BCUT2D eigenvalue weighted by Gasteiger charge is 2.60. The molecular weight excluding hydrogens is 314 g/mol. The number of halogens is 3. The number of rotatable bonds is 4. The van der Waals surface area contributed by atoms with E-state index in [1.165, 1.54) is 12.3 Å². The van der Waals surface area contributed by atoms with Crippen LogP contribution >= 0.6 is 23.2 Å². The first-order valence-corrected chi connectivity index (χ1v) is 7.20. The molecular formula is C15H15Cl2FN2O. The van der Waals surface area contributed by atoms with Gasteiger partial charge in [-0.2, -0.15) is 5.10 Å². The number of nitrogens with one attached hydrogen (secondary N) is 1. The van der Waals surface area contributed by atoms with Gasteiger partial charge >= 0.3 is 0 Å². The van der Waals surface area contributed by atoms with Crippen molar-refractivity contribution in [1.29, 1.82) is 0 Å². The summed E-state index contributed by atoms with van der Waals surface area (Å²) in [5.41, 5.74) is 2.52. The molecule has 0 saturated heterocycles. The van der Waals surface area contributed by atoms with E-state index in [1.54, 1.807) is 24.3 Å². The molecule has 1 aromatic rings. The lowest BCUT2D eigenvalue weighted by Gasteiger charge is -2.01. The SMILES string of the molecule is CC1(C)[C@H](C=C(Cl)Cl)[C@H]1C(=O)NN=Cc1ccccc1F. The van der Waals surface area contributed by atoms with Crippen LogP contribution in [0.4, 0.5) is 4.39 Å². The Kier molecular flexibility index (Phi) is 4.69. The Morgan fingerprint density at radius 3 is 2.67 bits per heavy atom. The molecule has 0 aliphatic heterocycles. The summed E-state index contributed by atoms with van der Waals surface area (Å²) in [7, 11) is 0. The highest BCUT2D eigenvalue weighted by Crippen LogP contribution is 2.59. The third-order valence-corrected chi connectivity index (χ3v) is 4.03. The van der Waals surface area contributed by atoms with Gasteiger partial charge in [0.2, 0.25) is 5.91 Å². The Balaban J connectivity index is 1.97. The fourth-order valence-electron chi connectivity index (χ4n) is 2.44.